The molecule has 1 aliphatic heterocycles. The van der Waals surface area contributed by atoms with E-state index in [4.69, 9.17) is 9.47 Å². The number of carboxylic acid groups (broad SMARTS) is 1. The Labute approximate surface area is 202 Å². The Morgan fingerprint density at radius 1 is 1.09 bits per heavy atom. The molecular formula is C26H28FN3O5. The van der Waals surface area contributed by atoms with Crippen LogP contribution in [0.5, 0.6) is 11.5 Å². The Hall–Kier alpha value is -3.59. The number of carboxylic acids is 1. The van der Waals surface area contributed by atoms with Gasteiger partial charge in [-0.1, -0.05) is 0 Å². The SMILES string of the molecule is COc1ccc(OC)c(CN2CCN(c3cc4c(cc3F)c(=O)c(C(=O)O)cn4C3CC3)CC2)c1. The zero-order valence-electron chi connectivity index (χ0n) is 19.8. The first-order chi connectivity index (χ1) is 16.9. The van der Waals surface area contributed by atoms with Crippen molar-refractivity contribution >= 4 is 22.6 Å². The summed E-state index contributed by atoms with van der Waals surface area (Å²) < 4.78 is 27.9. The molecule has 5 rings (SSSR count). The zero-order valence-corrected chi connectivity index (χ0v) is 19.8. The number of benzene rings is 2. The van der Waals surface area contributed by atoms with Gasteiger partial charge in [0.05, 0.1) is 25.4 Å². The number of nitrogens with zero attached hydrogens (tertiary/aromatic N) is 3. The van der Waals surface area contributed by atoms with Crippen molar-refractivity contribution in [1.29, 1.82) is 0 Å². The summed E-state index contributed by atoms with van der Waals surface area (Å²) >= 11 is 0. The lowest BCUT2D eigenvalue weighted by atomic mass is 10.1. The fourth-order valence-corrected chi connectivity index (χ4v) is 4.80. The number of halogens is 1. The lowest BCUT2D eigenvalue weighted by molar-refractivity contribution is 0.0695. The minimum Gasteiger partial charge on any atom is -0.497 e. The molecule has 2 aliphatic rings. The molecule has 2 aromatic carbocycles. The number of aromatic nitrogens is 1. The highest BCUT2D eigenvalue weighted by atomic mass is 19.1. The molecule has 0 bridgehead atoms. The van der Waals surface area contributed by atoms with E-state index in [1.165, 1.54) is 12.3 Å². The van der Waals surface area contributed by atoms with Crippen molar-refractivity contribution in [2.45, 2.75) is 25.4 Å². The van der Waals surface area contributed by atoms with E-state index in [1.54, 1.807) is 20.3 Å². The van der Waals surface area contributed by atoms with Crippen molar-refractivity contribution in [3.63, 3.8) is 0 Å². The molecule has 1 aromatic heterocycles. The Morgan fingerprint density at radius 2 is 1.83 bits per heavy atom. The van der Waals surface area contributed by atoms with Crippen LogP contribution in [0, 0.1) is 5.82 Å². The van der Waals surface area contributed by atoms with Crippen LogP contribution in [0.3, 0.4) is 0 Å². The number of carbonyl (C=O) groups is 1. The van der Waals surface area contributed by atoms with Gasteiger partial charge in [-0.25, -0.2) is 9.18 Å². The van der Waals surface area contributed by atoms with E-state index in [0.717, 1.165) is 43.0 Å². The molecule has 35 heavy (non-hydrogen) atoms. The highest BCUT2D eigenvalue weighted by Gasteiger charge is 2.28. The van der Waals surface area contributed by atoms with Gasteiger partial charge in [-0.05, 0) is 43.2 Å². The number of aromatic carboxylic acids is 1. The largest absolute Gasteiger partial charge is 0.497 e. The van der Waals surface area contributed by atoms with Crippen molar-refractivity contribution in [3.05, 3.63) is 63.7 Å². The number of piperazine rings is 1. The van der Waals surface area contributed by atoms with Crippen molar-refractivity contribution in [3.8, 4) is 11.5 Å². The van der Waals surface area contributed by atoms with Crippen LogP contribution in [0.25, 0.3) is 10.9 Å². The average molecular weight is 482 g/mol. The smallest absolute Gasteiger partial charge is 0.341 e. The van der Waals surface area contributed by atoms with Crippen molar-refractivity contribution in [2.75, 3.05) is 45.3 Å². The lowest BCUT2D eigenvalue weighted by Gasteiger charge is -2.36. The molecule has 1 saturated carbocycles. The molecular weight excluding hydrogens is 453 g/mol. The average Bonchev–Trinajstić information content (AvgIpc) is 3.70. The number of hydrogen-bond acceptors (Lipinski definition) is 6. The highest BCUT2D eigenvalue weighted by molar-refractivity contribution is 5.93. The molecule has 184 valence electrons. The van der Waals surface area contributed by atoms with Gasteiger partial charge in [0.25, 0.3) is 0 Å². The topological polar surface area (TPSA) is 84.2 Å². The van der Waals surface area contributed by atoms with Crippen LogP contribution in [0.1, 0.15) is 34.8 Å². The van der Waals surface area contributed by atoms with E-state index in [9.17, 15) is 14.7 Å². The van der Waals surface area contributed by atoms with Gasteiger partial charge < -0.3 is 24.0 Å². The highest BCUT2D eigenvalue weighted by Crippen LogP contribution is 2.38. The molecule has 0 unspecified atom stereocenters. The molecule has 1 N–H and O–H groups in total. The number of anilines is 1. The van der Waals surface area contributed by atoms with Crippen LogP contribution in [0.4, 0.5) is 10.1 Å². The third-order valence-corrected chi connectivity index (χ3v) is 6.87. The van der Waals surface area contributed by atoms with Crippen LogP contribution in [0.2, 0.25) is 0 Å². The fraction of sp³-hybridized carbons (Fsp3) is 0.385. The van der Waals surface area contributed by atoms with Gasteiger partial charge >= 0.3 is 5.97 Å². The maximum Gasteiger partial charge on any atom is 0.341 e. The number of ether oxygens (including phenoxy) is 2. The molecule has 8 nitrogen and oxygen atoms in total. The molecule has 1 aliphatic carbocycles. The maximum absolute atomic E-state index is 15.2. The minimum absolute atomic E-state index is 0.113. The normalized spacial score (nSPS) is 16.5. The van der Waals surface area contributed by atoms with Crippen LogP contribution in [0.15, 0.2) is 41.3 Å². The van der Waals surface area contributed by atoms with E-state index in [2.05, 4.69) is 4.90 Å². The maximum atomic E-state index is 15.2. The summed E-state index contributed by atoms with van der Waals surface area (Å²) in [6.07, 6.45) is 3.23. The fourth-order valence-electron chi connectivity index (χ4n) is 4.80. The van der Waals surface area contributed by atoms with E-state index >= 15 is 4.39 Å². The molecule has 9 heteroatoms. The monoisotopic (exact) mass is 481 g/mol. The Bertz CT molecular complexity index is 1340. The molecule has 0 radical (unpaired) electrons. The predicted octanol–water partition coefficient (Wildman–Crippen LogP) is 3.51. The number of pyridine rings is 1. The van der Waals surface area contributed by atoms with Crippen LogP contribution in [-0.2, 0) is 6.54 Å². The summed E-state index contributed by atoms with van der Waals surface area (Å²) in [6, 6.07) is 8.77. The zero-order chi connectivity index (χ0) is 24.7. The quantitative estimate of drug-likeness (QED) is 0.553. The van der Waals surface area contributed by atoms with Crippen LogP contribution in [-0.4, -0.2) is 60.9 Å². The van der Waals surface area contributed by atoms with E-state index in [0.29, 0.717) is 30.8 Å². The van der Waals surface area contributed by atoms with Gasteiger partial charge in [-0.2, -0.15) is 0 Å². The van der Waals surface area contributed by atoms with Crippen LogP contribution >= 0.6 is 0 Å². The summed E-state index contributed by atoms with van der Waals surface area (Å²) in [5.41, 5.74) is 1.08. The number of fused-ring (bicyclic) bond motifs is 1. The summed E-state index contributed by atoms with van der Waals surface area (Å²) in [4.78, 5) is 28.6. The number of hydrogen-bond donors (Lipinski definition) is 1. The molecule has 0 spiro atoms. The summed E-state index contributed by atoms with van der Waals surface area (Å²) in [6.45, 7) is 3.38. The van der Waals surface area contributed by atoms with Crippen molar-refractivity contribution < 1.29 is 23.8 Å². The summed E-state index contributed by atoms with van der Waals surface area (Å²) in [5.74, 6) is -0.236. The first-order valence-electron chi connectivity index (χ1n) is 11.7. The van der Waals surface area contributed by atoms with Gasteiger partial charge in [0, 0.05) is 55.9 Å². The Morgan fingerprint density at radius 3 is 2.46 bits per heavy atom. The molecule has 1 saturated heterocycles. The molecule has 0 amide bonds. The third-order valence-electron chi connectivity index (χ3n) is 6.87. The Kier molecular flexibility index (Phi) is 6.10. The molecule has 2 heterocycles. The predicted molar refractivity (Wildman–Crippen MR) is 130 cm³/mol. The lowest BCUT2D eigenvalue weighted by Crippen LogP contribution is -2.46. The second-order valence-corrected chi connectivity index (χ2v) is 9.08. The van der Waals surface area contributed by atoms with E-state index in [-0.39, 0.29) is 17.0 Å². The minimum atomic E-state index is -1.29. The van der Waals surface area contributed by atoms with E-state index in [1.807, 2.05) is 27.7 Å². The third kappa shape index (κ3) is 4.43. The standard InChI is InChI=1S/C26H28FN3O5/c1-34-18-5-6-24(35-2)16(11-18)14-28-7-9-29(10-8-28)23-13-22-19(12-21(23)27)25(31)20(26(32)33)15-30(22)17-3-4-17/h5-6,11-13,15,17H,3-4,7-10,14H2,1-2H3,(H,32,33). The number of rotatable bonds is 7. The number of methoxy groups -OCH3 is 2. The second-order valence-electron chi connectivity index (χ2n) is 9.08. The van der Waals surface area contributed by atoms with Gasteiger partial charge in [0.1, 0.15) is 22.9 Å². The first-order valence-corrected chi connectivity index (χ1v) is 11.7. The molecule has 3 aromatic rings. The summed E-state index contributed by atoms with van der Waals surface area (Å²) in [7, 11) is 3.28. The van der Waals surface area contributed by atoms with Crippen LogP contribution < -0.4 is 19.8 Å². The van der Waals surface area contributed by atoms with Crippen molar-refractivity contribution in [1.82, 2.24) is 9.47 Å². The van der Waals surface area contributed by atoms with Gasteiger partial charge in [0.2, 0.25) is 5.43 Å². The second kappa shape index (κ2) is 9.22. The van der Waals surface area contributed by atoms with Gasteiger partial charge in [-0.3, -0.25) is 9.69 Å². The molecule has 0 atom stereocenters. The van der Waals surface area contributed by atoms with Gasteiger partial charge in [-0.15, -0.1) is 0 Å². The first kappa shape index (κ1) is 23.2. The van der Waals surface area contributed by atoms with Crippen molar-refractivity contribution in [2.24, 2.45) is 0 Å². The Balaban J connectivity index is 1.39. The molecule has 2 fully saturated rings. The van der Waals surface area contributed by atoms with E-state index < -0.39 is 17.2 Å². The van der Waals surface area contributed by atoms with Gasteiger partial charge in [0.15, 0.2) is 0 Å². The summed E-state index contributed by atoms with van der Waals surface area (Å²) in [5, 5.41) is 9.55.